The summed E-state index contributed by atoms with van der Waals surface area (Å²) in [6.07, 6.45) is 10.3. The molecule has 0 heterocycles. The van der Waals surface area contributed by atoms with Crippen LogP contribution in [0.3, 0.4) is 0 Å². The van der Waals surface area contributed by atoms with E-state index in [9.17, 15) is 0 Å². The summed E-state index contributed by atoms with van der Waals surface area (Å²) in [6, 6.07) is 0. The van der Waals surface area contributed by atoms with Crippen LogP contribution in [0.1, 0.15) is 79.1 Å². The first kappa shape index (κ1) is 18.0. The van der Waals surface area contributed by atoms with Gasteiger partial charge in [0.25, 0.3) is 0 Å². The van der Waals surface area contributed by atoms with Crippen LogP contribution in [0.4, 0.5) is 0 Å². The van der Waals surface area contributed by atoms with Crippen molar-refractivity contribution in [1.29, 1.82) is 0 Å². The molecule has 1 rings (SSSR count). The lowest BCUT2D eigenvalue weighted by molar-refractivity contribution is -0.0780. The second-order valence-corrected chi connectivity index (χ2v) is 7.10. The first-order valence-electron chi connectivity index (χ1n) is 8.96. The van der Waals surface area contributed by atoms with Gasteiger partial charge < -0.3 is 10.1 Å². The van der Waals surface area contributed by atoms with Crippen LogP contribution in [-0.2, 0) is 4.74 Å². The summed E-state index contributed by atoms with van der Waals surface area (Å²) in [4.78, 5) is 0. The fraction of sp³-hybridized carbons (Fsp3) is 1.00. The average Bonchev–Trinajstić information content (AvgIpc) is 2.45. The number of rotatable bonds is 10. The van der Waals surface area contributed by atoms with E-state index in [1.54, 1.807) is 0 Å². The van der Waals surface area contributed by atoms with Gasteiger partial charge in [0.1, 0.15) is 0 Å². The van der Waals surface area contributed by atoms with Gasteiger partial charge in [0, 0.05) is 13.2 Å². The van der Waals surface area contributed by atoms with E-state index < -0.39 is 0 Å². The van der Waals surface area contributed by atoms with Crippen LogP contribution in [0.25, 0.3) is 0 Å². The van der Waals surface area contributed by atoms with Gasteiger partial charge in [-0.1, -0.05) is 34.1 Å². The molecule has 1 aliphatic carbocycles. The highest BCUT2D eigenvalue weighted by atomic mass is 16.5. The van der Waals surface area contributed by atoms with E-state index >= 15 is 0 Å². The number of hydrogen-bond acceptors (Lipinski definition) is 2. The van der Waals surface area contributed by atoms with Crippen molar-refractivity contribution in [3.8, 4) is 0 Å². The summed E-state index contributed by atoms with van der Waals surface area (Å²) in [5.74, 6) is 1.73. The summed E-state index contributed by atoms with van der Waals surface area (Å²) < 4.78 is 6.40. The van der Waals surface area contributed by atoms with Crippen molar-refractivity contribution in [2.24, 2.45) is 11.8 Å². The zero-order valence-corrected chi connectivity index (χ0v) is 14.3. The Bertz CT molecular complexity index is 226. The SMILES string of the molecule is CCCNCC1(OCCCC(C)C)CCC(CC)CC1. The Morgan fingerprint density at radius 1 is 1.20 bits per heavy atom. The molecule has 2 heteroatoms. The second kappa shape index (κ2) is 9.78. The van der Waals surface area contributed by atoms with Crippen molar-refractivity contribution in [1.82, 2.24) is 5.32 Å². The molecule has 1 aliphatic rings. The maximum atomic E-state index is 6.40. The minimum Gasteiger partial charge on any atom is -0.374 e. The normalized spacial score (nSPS) is 27.1. The molecule has 20 heavy (non-hydrogen) atoms. The van der Waals surface area contributed by atoms with Gasteiger partial charge in [-0.15, -0.1) is 0 Å². The van der Waals surface area contributed by atoms with Crippen LogP contribution in [-0.4, -0.2) is 25.3 Å². The van der Waals surface area contributed by atoms with E-state index in [1.165, 1.54) is 51.4 Å². The summed E-state index contributed by atoms with van der Waals surface area (Å²) in [5.41, 5.74) is 0.137. The van der Waals surface area contributed by atoms with Crippen molar-refractivity contribution >= 4 is 0 Å². The topological polar surface area (TPSA) is 21.3 Å². The molecule has 2 nitrogen and oxygen atoms in total. The van der Waals surface area contributed by atoms with Crippen molar-refractivity contribution in [2.75, 3.05) is 19.7 Å². The molecule has 0 radical (unpaired) electrons. The lowest BCUT2D eigenvalue weighted by atomic mass is 9.77. The maximum Gasteiger partial charge on any atom is 0.0806 e. The minimum atomic E-state index is 0.137. The first-order valence-corrected chi connectivity index (χ1v) is 8.96. The lowest BCUT2D eigenvalue weighted by Gasteiger charge is -2.40. The fourth-order valence-corrected chi connectivity index (χ4v) is 3.26. The second-order valence-electron chi connectivity index (χ2n) is 7.10. The number of ether oxygens (including phenoxy) is 1. The molecule has 0 spiro atoms. The predicted octanol–water partition coefficient (Wildman–Crippen LogP) is 4.78. The van der Waals surface area contributed by atoms with Gasteiger partial charge in [0.05, 0.1) is 5.60 Å². The molecule has 0 bridgehead atoms. The van der Waals surface area contributed by atoms with Crippen molar-refractivity contribution in [3.05, 3.63) is 0 Å². The van der Waals surface area contributed by atoms with Crippen LogP contribution in [0.15, 0.2) is 0 Å². The van der Waals surface area contributed by atoms with Crippen LogP contribution < -0.4 is 5.32 Å². The highest BCUT2D eigenvalue weighted by Gasteiger charge is 2.35. The Labute approximate surface area is 127 Å². The summed E-state index contributed by atoms with van der Waals surface area (Å²) in [5, 5.41) is 3.60. The van der Waals surface area contributed by atoms with Crippen molar-refractivity contribution in [3.63, 3.8) is 0 Å². The summed E-state index contributed by atoms with van der Waals surface area (Å²) in [6.45, 7) is 12.3. The molecule has 1 fully saturated rings. The maximum absolute atomic E-state index is 6.40. The quantitative estimate of drug-likeness (QED) is 0.583. The van der Waals surface area contributed by atoms with E-state index in [0.717, 1.165) is 31.5 Å². The monoisotopic (exact) mass is 283 g/mol. The standard InChI is InChI=1S/C18H37NO/c1-5-13-19-15-18(20-14-7-8-16(3)4)11-9-17(6-2)10-12-18/h16-17,19H,5-15H2,1-4H3. The van der Waals surface area contributed by atoms with Gasteiger partial charge in [0.15, 0.2) is 0 Å². The van der Waals surface area contributed by atoms with Crippen molar-refractivity contribution < 1.29 is 4.74 Å². The number of nitrogens with one attached hydrogen (secondary N) is 1. The molecule has 0 aromatic rings. The van der Waals surface area contributed by atoms with Gasteiger partial charge in [-0.3, -0.25) is 0 Å². The van der Waals surface area contributed by atoms with Gasteiger partial charge in [-0.2, -0.15) is 0 Å². The number of hydrogen-bond donors (Lipinski definition) is 1. The predicted molar refractivity (Wildman–Crippen MR) is 88.2 cm³/mol. The molecule has 0 unspecified atom stereocenters. The third kappa shape index (κ3) is 6.58. The lowest BCUT2D eigenvalue weighted by Crippen LogP contribution is -2.46. The van der Waals surface area contributed by atoms with E-state index in [4.69, 9.17) is 4.74 Å². The van der Waals surface area contributed by atoms with Gasteiger partial charge in [0.2, 0.25) is 0 Å². The molecule has 0 amide bonds. The molecular formula is C18H37NO. The zero-order valence-electron chi connectivity index (χ0n) is 14.3. The zero-order chi connectivity index (χ0) is 14.8. The molecule has 120 valence electrons. The minimum absolute atomic E-state index is 0.137. The first-order chi connectivity index (χ1) is 9.62. The average molecular weight is 284 g/mol. The van der Waals surface area contributed by atoms with Gasteiger partial charge in [-0.25, -0.2) is 0 Å². The Morgan fingerprint density at radius 2 is 1.90 bits per heavy atom. The van der Waals surface area contributed by atoms with E-state index in [-0.39, 0.29) is 5.60 Å². The van der Waals surface area contributed by atoms with Crippen LogP contribution in [0, 0.1) is 11.8 Å². The Morgan fingerprint density at radius 3 is 2.45 bits per heavy atom. The molecule has 0 aromatic heterocycles. The van der Waals surface area contributed by atoms with Crippen LogP contribution in [0.5, 0.6) is 0 Å². The Balaban J connectivity index is 2.39. The van der Waals surface area contributed by atoms with Crippen LogP contribution in [0.2, 0.25) is 0 Å². The largest absolute Gasteiger partial charge is 0.374 e. The van der Waals surface area contributed by atoms with E-state index in [0.29, 0.717) is 0 Å². The van der Waals surface area contributed by atoms with E-state index in [2.05, 4.69) is 33.0 Å². The summed E-state index contributed by atoms with van der Waals surface area (Å²) in [7, 11) is 0. The molecule has 0 atom stereocenters. The molecule has 1 N–H and O–H groups in total. The Hall–Kier alpha value is -0.0800. The third-order valence-corrected chi connectivity index (χ3v) is 4.80. The fourth-order valence-electron chi connectivity index (χ4n) is 3.26. The molecule has 0 saturated heterocycles. The third-order valence-electron chi connectivity index (χ3n) is 4.80. The van der Waals surface area contributed by atoms with Crippen molar-refractivity contribution in [2.45, 2.75) is 84.7 Å². The molecule has 1 saturated carbocycles. The molecule has 0 aliphatic heterocycles. The molecular weight excluding hydrogens is 246 g/mol. The smallest absolute Gasteiger partial charge is 0.0806 e. The highest BCUT2D eigenvalue weighted by Crippen LogP contribution is 2.36. The summed E-state index contributed by atoms with van der Waals surface area (Å²) >= 11 is 0. The Kier molecular flexibility index (Phi) is 8.79. The van der Waals surface area contributed by atoms with Crippen LogP contribution >= 0.6 is 0 Å². The van der Waals surface area contributed by atoms with Gasteiger partial charge >= 0.3 is 0 Å². The van der Waals surface area contributed by atoms with E-state index in [1.807, 2.05) is 0 Å². The highest BCUT2D eigenvalue weighted by molar-refractivity contribution is 4.89. The molecule has 0 aromatic carbocycles. The van der Waals surface area contributed by atoms with Gasteiger partial charge in [-0.05, 0) is 63.3 Å².